The number of nitrogens with zero attached hydrogens (tertiary/aromatic N) is 2. The van der Waals surface area contributed by atoms with Crippen LogP contribution in [0.1, 0.15) is 36.6 Å². The molecule has 0 amide bonds. The maximum atomic E-state index is 13.3. The third kappa shape index (κ3) is 3.35. The van der Waals surface area contributed by atoms with E-state index in [-0.39, 0.29) is 24.9 Å². The van der Waals surface area contributed by atoms with Crippen LogP contribution in [0.4, 0.5) is 10.2 Å². The van der Waals surface area contributed by atoms with Gasteiger partial charge in [0.1, 0.15) is 11.6 Å². The Morgan fingerprint density at radius 2 is 1.61 bits per heavy atom. The summed E-state index contributed by atoms with van der Waals surface area (Å²) < 4.78 is 13.3. The van der Waals surface area contributed by atoms with Crippen molar-refractivity contribution in [3.63, 3.8) is 0 Å². The van der Waals surface area contributed by atoms with Gasteiger partial charge in [-0.25, -0.2) is 9.37 Å². The molecule has 0 unspecified atom stereocenters. The Bertz CT molecular complexity index is 648. The van der Waals surface area contributed by atoms with Crippen molar-refractivity contribution in [3.8, 4) is 11.1 Å². The molecule has 0 aliphatic heterocycles. The zero-order valence-electron chi connectivity index (χ0n) is 14.0. The summed E-state index contributed by atoms with van der Waals surface area (Å²) in [7, 11) is 3.72. The number of halogens is 1. The monoisotopic (exact) mass is 318 g/mol. The highest BCUT2D eigenvalue weighted by molar-refractivity contribution is 5.76. The quantitative estimate of drug-likeness (QED) is 0.889. The Morgan fingerprint density at radius 3 is 2.04 bits per heavy atom. The van der Waals surface area contributed by atoms with Crippen molar-refractivity contribution in [3.05, 3.63) is 46.9 Å². The van der Waals surface area contributed by atoms with Crippen LogP contribution in [-0.2, 0) is 13.2 Å². The number of benzene rings is 1. The van der Waals surface area contributed by atoms with E-state index in [4.69, 9.17) is 0 Å². The van der Waals surface area contributed by atoms with E-state index in [0.717, 1.165) is 16.8 Å². The summed E-state index contributed by atoms with van der Waals surface area (Å²) in [5.74, 6) is 0.450. The van der Waals surface area contributed by atoms with E-state index < -0.39 is 0 Å². The summed E-state index contributed by atoms with van der Waals surface area (Å²) in [6.45, 7) is 3.62. The van der Waals surface area contributed by atoms with Crippen LogP contribution in [0.3, 0.4) is 0 Å². The lowest BCUT2D eigenvalue weighted by atomic mass is 9.91. The molecule has 0 saturated heterocycles. The van der Waals surface area contributed by atoms with Crippen molar-refractivity contribution in [2.24, 2.45) is 0 Å². The van der Waals surface area contributed by atoms with Crippen molar-refractivity contribution < 1.29 is 14.6 Å². The van der Waals surface area contributed by atoms with Crippen LogP contribution in [0.2, 0.25) is 0 Å². The van der Waals surface area contributed by atoms with Gasteiger partial charge in [0.2, 0.25) is 0 Å². The van der Waals surface area contributed by atoms with Crippen LogP contribution in [0.15, 0.2) is 24.3 Å². The number of hydrogen-bond acceptors (Lipinski definition) is 4. The molecule has 2 aromatic rings. The first-order valence-corrected chi connectivity index (χ1v) is 7.61. The Balaban J connectivity index is 2.86. The molecule has 5 heteroatoms. The number of rotatable bonds is 5. The van der Waals surface area contributed by atoms with Crippen LogP contribution < -0.4 is 4.90 Å². The lowest BCUT2D eigenvalue weighted by Crippen LogP contribution is -2.18. The fourth-order valence-electron chi connectivity index (χ4n) is 2.79. The summed E-state index contributed by atoms with van der Waals surface area (Å²) in [6.07, 6.45) is 0. The van der Waals surface area contributed by atoms with Crippen molar-refractivity contribution in [1.82, 2.24) is 4.98 Å². The fourth-order valence-corrected chi connectivity index (χ4v) is 2.79. The number of hydrogen-bond donors (Lipinski definition) is 2. The highest BCUT2D eigenvalue weighted by Gasteiger charge is 2.22. The molecule has 1 aromatic heterocycles. The molecule has 2 rings (SSSR count). The zero-order valence-corrected chi connectivity index (χ0v) is 14.0. The summed E-state index contributed by atoms with van der Waals surface area (Å²) in [5, 5.41) is 19.8. The standard InChI is InChI=1S/C18H23FN2O2/c1-11(2)17-14(9-22)16(12-5-7-13(19)8-6-12)15(10-23)18(20-17)21(3)4/h5-8,11,22-23H,9-10H2,1-4H3. The molecular weight excluding hydrogens is 295 g/mol. The van der Waals surface area contributed by atoms with Crippen LogP contribution in [-0.4, -0.2) is 29.3 Å². The number of aromatic nitrogens is 1. The Labute approximate surface area is 136 Å². The van der Waals surface area contributed by atoms with Gasteiger partial charge in [-0.3, -0.25) is 0 Å². The maximum Gasteiger partial charge on any atom is 0.134 e. The molecule has 124 valence electrons. The number of aliphatic hydroxyl groups excluding tert-OH is 2. The van der Waals surface area contributed by atoms with Gasteiger partial charge in [0.15, 0.2) is 0 Å². The zero-order chi connectivity index (χ0) is 17.1. The van der Waals surface area contributed by atoms with E-state index in [0.29, 0.717) is 16.9 Å². The van der Waals surface area contributed by atoms with E-state index >= 15 is 0 Å². The average Bonchev–Trinajstić information content (AvgIpc) is 2.53. The molecule has 0 spiro atoms. The first-order chi connectivity index (χ1) is 10.9. The van der Waals surface area contributed by atoms with Crippen LogP contribution in [0.5, 0.6) is 0 Å². The molecule has 1 aromatic carbocycles. The lowest BCUT2D eigenvalue weighted by molar-refractivity contribution is 0.274. The smallest absolute Gasteiger partial charge is 0.134 e. The molecule has 0 aliphatic rings. The Kier molecular flexibility index (Phi) is 5.34. The summed E-state index contributed by atoms with van der Waals surface area (Å²) >= 11 is 0. The van der Waals surface area contributed by atoms with E-state index in [1.165, 1.54) is 12.1 Å². The van der Waals surface area contributed by atoms with Gasteiger partial charge in [-0.1, -0.05) is 26.0 Å². The van der Waals surface area contributed by atoms with Gasteiger partial charge in [0.05, 0.1) is 18.9 Å². The number of anilines is 1. The van der Waals surface area contributed by atoms with E-state index in [2.05, 4.69) is 4.98 Å². The fraction of sp³-hybridized carbons (Fsp3) is 0.389. The van der Waals surface area contributed by atoms with Gasteiger partial charge in [0, 0.05) is 25.2 Å². The molecule has 0 fully saturated rings. The predicted molar refractivity (Wildman–Crippen MR) is 89.9 cm³/mol. The lowest BCUT2D eigenvalue weighted by Gasteiger charge is -2.24. The normalized spacial score (nSPS) is 11.1. The Morgan fingerprint density at radius 1 is 1.04 bits per heavy atom. The molecule has 0 radical (unpaired) electrons. The number of aliphatic hydroxyl groups is 2. The summed E-state index contributed by atoms with van der Waals surface area (Å²) in [5.41, 5.74) is 3.59. The summed E-state index contributed by atoms with van der Waals surface area (Å²) in [4.78, 5) is 6.49. The minimum Gasteiger partial charge on any atom is -0.392 e. The van der Waals surface area contributed by atoms with E-state index in [1.807, 2.05) is 32.8 Å². The third-order valence-electron chi connectivity index (χ3n) is 3.83. The van der Waals surface area contributed by atoms with Gasteiger partial charge in [-0.2, -0.15) is 0 Å². The predicted octanol–water partition coefficient (Wildman–Crippen LogP) is 3.06. The largest absolute Gasteiger partial charge is 0.392 e. The van der Waals surface area contributed by atoms with Crippen molar-refractivity contribution in [2.75, 3.05) is 19.0 Å². The maximum absolute atomic E-state index is 13.3. The van der Waals surface area contributed by atoms with Crippen LogP contribution in [0, 0.1) is 5.82 Å². The van der Waals surface area contributed by atoms with Gasteiger partial charge >= 0.3 is 0 Å². The Hall–Kier alpha value is -1.98. The minimum absolute atomic E-state index is 0.114. The molecule has 23 heavy (non-hydrogen) atoms. The topological polar surface area (TPSA) is 56.6 Å². The van der Waals surface area contributed by atoms with Crippen LogP contribution in [0.25, 0.3) is 11.1 Å². The second-order valence-corrected chi connectivity index (χ2v) is 6.03. The van der Waals surface area contributed by atoms with E-state index in [9.17, 15) is 14.6 Å². The molecule has 4 nitrogen and oxygen atoms in total. The first-order valence-electron chi connectivity index (χ1n) is 7.61. The molecule has 2 N–H and O–H groups in total. The van der Waals surface area contributed by atoms with Crippen LogP contribution >= 0.6 is 0 Å². The SMILES string of the molecule is CC(C)c1nc(N(C)C)c(CO)c(-c2ccc(F)cc2)c1CO. The minimum atomic E-state index is -0.323. The first kappa shape index (κ1) is 17.4. The van der Waals surface area contributed by atoms with E-state index in [1.54, 1.807) is 12.1 Å². The highest BCUT2D eigenvalue weighted by atomic mass is 19.1. The molecular formula is C18H23FN2O2. The molecule has 0 aliphatic carbocycles. The van der Waals surface area contributed by atoms with Gasteiger partial charge in [-0.05, 0) is 29.2 Å². The number of pyridine rings is 1. The van der Waals surface area contributed by atoms with Crippen molar-refractivity contribution >= 4 is 5.82 Å². The summed E-state index contributed by atoms with van der Waals surface area (Å²) in [6, 6.07) is 6.07. The van der Waals surface area contributed by atoms with Crippen molar-refractivity contribution in [1.29, 1.82) is 0 Å². The molecule has 0 saturated carbocycles. The second-order valence-electron chi connectivity index (χ2n) is 6.03. The van der Waals surface area contributed by atoms with Gasteiger partial charge in [0.25, 0.3) is 0 Å². The van der Waals surface area contributed by atoms with Crippen molar-refractivity contribution in [2.45, 2.75) is 33.0 Å². The third-order valence-corrected chi connectivity index (χ3v) is 3.83. The molecule has 0 atom stereocenters. The molecule has 0 bridgehead atoms. The van der Waals surface area contributed by atoms with Gasteiger partial charge in [-0.15, -0.1) is 0 Å². The highest BCUT2D eigenvalue weighted by Crippen LogP contribution is 2.37. The average molecular weight is 318 g/mol. The second kappa shape index (κ2) is 7.06. The van der Waals surface area contributed by atoms with Gasteiger partial charge < -0.3 is 15.1 Å². The molecule has 1 heterocycles.